The Bertz CT molecular complexity index is 467. The molecule has 0 spiro atoms. The molecule has 1 fully saturated rings. The quantitative estimate of drug-likeness (QED) is 0.919. The highest BCUT2D eigenvalue weighted by Gasteiger charge is 2.31. The minimum absolute atomic E-state index is 0.105. The molecule has 1 aliphatic heterocycles. The normalized spacial score (nSPS) is 21.9. The molecule has 0 bridgehead atoms. The van der Waals surface area contributed by atoms with E-state index < -0.39 is 0 Å². The fraction of sp³-hybridized carbons (Fsp3) is 0.647. The van der Waals surface area contributed by atoms with Crippen LogP contribution in [0.25, 0.3) is 0 Å². The SMILES string of the molecule is Cc1ccc(C(N)CN2CCN(C)C(C)(C)C2)cc1C. The molecule has 1 unspecified atom stereocenters. The molecule has 0 radical (unpaired) electrons. The van der Waals surface area contributed by atoms with Crippen LogP contribution < -0.4 is 5.73 Å². The van der Waals surface area contributed by atoms with Crippen molar-refractivity contribution in [3.05, 3.63) is 34.9 Å². The van der Waals surface area contributed by atoms with E-state index in [9.17, 15) is 0 Å². The van der Waals surface area contributed by atoms with Crippen LogP contribution in [0.2, 0.25) is 0 Å². The zero-order valence-electron chi connectivity index (χ0n) is 13.6. The lowest BCUT2D eigenvalue weighted by molar-refractivity contribution is 0.0372. The molecular formula is C17H29N3. The molecule has 1 heterocycles. The number of hydrogen-bond donors (Lipinski definition) is 1. The lowest BCUT2D eigenvalue weighted by Gasteiger charge is -2.46. The van der Waals surface area contributed by atoms with Gasteiger partial charge in [-0.15, -0.1) is 0 Å². The highest BCUT2D eigenvalue weighted by Crippen LogP contribution is 2.22. The first-order valence-corrected chi connectivity index (χ1v) is 7.56. The second-order valence-corrected chi connectivity index (χ2v) is 6.92. The molecule has 1 aliphatic rings. The maximum atomic E-state index is 6.41. The van der Waals surface area contributed by atoms with Crippen molar-refractivity contribution in [1.29, 1.82) is 0 Å². The van der Waals surface area contributed by atoms with Gasteiger partial charge in [0.2, 0.25) is 0 Å². The number of nitrogens with zero attached hydrogens (tertiary/aromatic N) is 2. The zero-order valence-corrected chi connectivity index (χ0v) is 13.6. The first kappa shape index (κ1) is 15.5. The van der Waals surface area contributed by atoms with E-state index in [1.165, 1.54) is 16.7 Å². The monoisotopic (exact) mass is 275 g/mol. The van der Waals surface area contributed by atoms with E-state index in [0.29, 0.717) is 0 Å². The maximum Gasteiger partial charge on any atom is 0.0424 e. The summed E-state index contributed by atoms with van der Waals surface area (Å²) < 4.78 is 0. The van der Waals surface area contributed by atoms with Crippen molar-refractivity contribution in [3.63, 3.8) is 0 Å². The number of nitrogens with two attached hydrogens (primary N) is 1. The smallest absolute Gasteiger partial charge is 0.0424 e. The van der Waals surface area contributed by atoms with Gasteiger partial charge in [0, 0.05) is 37.8 Å². The lowest BCUT2D eigenvalue weighted by atomic mass is 9.97. The third kappa shape index (κ3) is 3.40. The number of benzene rings is 1. The Kier molecular flexibility index (Phi) is 4.52. The standard InChI is InChI=1S/C17H29N3/c1-13-6-7-15(10-14(13)2)16(18)11-20-9-8-19(5)17(3,4)12-20/h6-7,10,16H,8-9,11-12,18H2,1-5H3. The Morgan fingerprint density at radius 3 is 2.50 bits per heavy atom. The van der Waals surface area contributed by atoms with Gasteiger partial charge in [-0.25, -0.2) is 0 Å². The molecule has 20 heavy (non-hydrogen) atoms. The van der Waals surface area contributed by atoms with E-state index in [4.69, 9.17) is 5.73 Å². The number of likely N-dealkylation sites (N-methyl/N-ethyl adjacent to an activating group) is 1. The van der Waals surface area contributed by atoms with E-state index in [2.05, 4.69) is 62.7 Å². The predicted molar refractivity (Wildman–Crippen MR) is 86.0 cm³/mol. The van der Waals surface area contributed by atoms with E-state index in [0.717, 1.165) is 26.2 Å². The summed E-state index contributed by atoms with van der Waals surface area (Å²) in [5, 5.41) is 0. The number of hydrogen-bond acceptors (Lipinski definition) is 3. The molecule has 1 aromatic carbocycles. The molecular weight excluding hydrogens is 246 g/mol. The van der Waals surface area contributed by atoms with E-state index in [1.807, 2.05) is 0 Å². The van der Waals surface area contributed by atoms with Crippen LogP contribution in [0.3, 0.4) is 0 Å². The van der Waals surface area contributed by atoms with Crippen molar-refractivity contribution in [3.8, 4) is 0 Å². The van der Waals surface area contributed by atoms with Crippen LogP contribution in [0, 0.1) is 13.8 Å². The van der Waals surface area contributed by atoms with Crippen molar-refractivity contribution in [1.82, 2.24) is 9.80 Å². The fourth-order valence-corrected chi connectivity index (χ4v) is 2.88. The molecule has 0 amide bonds. The van der Waals surface area contributed by atoms with Gasteiger partial charge in [0.25, 0.3) is 0 Å². The van der Waals surface area contributed by atoms with Gasteiger partial charge in [-0.1, -0.05) is 18.2 Å². The Hall–Kier alpha value is -0.900. The van der Waals surface area contributed by atoms with E-state index in [-0.39, 0.29) is 11.6 Å². The van der Waals surface area contributed by atoms with Gasteiger partial charge in [-0.3, -0.25) is 9.80 Å². The summed E-state index contributed by atoms with van der Waals surface area (Å²) >= 11 is 0. The molecule has 1 saturated heterocycles. The van der Waals surface area contributed by atoms with Crippen molar-refractivity contribution in [2.45, 2.75) is 39.3 Å². The van der Waals surface area contributed by atoms with Crippen LogP contribution in [0.15, 0.2) is 18.2 Å². The number of piperazine rings is 1. The second kappa shape index (κ2) is 5.84. The zero-order chi connectivity index (χ0) is 14.9. The maximum absolute atomic E-state index is 6.41. The predicted octanol–water partition coefficient (Wildman–Crippen LogP) is 2.33. The molecule has 2 rings (SSSR count). The van der Waals surface area contributed by atoms with Gasteiger partial charge in [-0.05, 0) is 51.4 Å². The van der Waals surface area contributed by atoms with Crippen molar-refractivity contribution >= 4 is 0 Å². The Morgan fingerprint density at radius 1 is 1.20 bits per heavy atom. The summed E-state index contributed by atoms with van der Waals surface area (Å²) in [6.45, 7) is 13.2. The molecule has 1 atom stereocenters. The molecule has 0 aromatic heterocycles. The molecule has 3 heteroatoms. The van der Waals surface area contributed by atoms with Gasteiger partial charge in [0.1, 0.15) is 0 Å². The Balaban J connectivity index is 2.01. The summed E-state index contributed by atoms with van der Waals surface area (Å²) in [4.78, 5) is 4.94. The van der Waals surface area contributed by atoms with Crippen LogP contribution in [0.5, 0.6) is 0 Å². The highest BCUT2D eigenvalue weighted by atomic mass is 15.3. The largest absolute Gasteiger partial charge is 0.323 e. The van der Waals surface area contributed by atoms with Crippen LogP contribution in [0.1, 0.15) is 36.6 Å². The average Bonchev–Trinajstić information content (AvgIpc) is 2.36. The summed E-state index contributed by atoms with van der Waals surface area (Å²) in [7, 11) is 2.21. The first-order chi connectivity index (χ1) is 9.29. The molecule has 2 N–H and O–H groups in total. The molecule has 0 aliphatic carbocycles. The summed E-state index contributed by atoms with van der Waals surface area (Å²) in [6.07, 6.45) is 0. The molecule has 1 aromatic rings. The lowest BCUT2D eigenvalue weighted by Crippen LogP contribution is -2.58. The summed E-state index contributed by atoms with van der Waals surface area (Å²) in [5.74, 6) is 0. The van der Waals surface area contributed by atoms with Crippen LogP contribution >= 0.6 is 0 Å². The Labute approximate surface area is 123 Å². The van der Waals surface area contributed by atoms with Crippen molar-refractivity contribution in [2.24, 2.45) is 5.73 Å². The Morgan fingerprint density at radius 2 is 1.90 bits per heavy atom. The van der Waals surface area contributed by atoms with E-state index >= 15 is 0 Å². The van der Waals surface area contributed by atoms with E-state index in [1.54, 1.807) is 0 Å². The van der Waals surface area contributed by atoms with Gasteiger partial charge < -0.3 is 5.73 Å². The van der Waals surface area contributed by atoms with Gasteiger partial charge in [-0.2, -0.15) is 0 Å². The molecule has 0 saturated carbocycles. The highest BCUT2D eigenvalue weighted by molar-refractivity contribution is 5.31. The topological polar surface area (TPSA) is 32.5 Å². The third-order valence-corrected chi connectivity index (χ3v) is 4.81. The fourth-order valence-electron chi connectivity index (χ4n) is 2.88. The summed E-state index contributed by atoms with van der Waals surface area (Å²) in [6, 6.07) is 6.70. The van der Waals surface area contributed by atoms with Crippen LogP contribution in [-0.4, -0.2) is 48.6 Å². The second-order valence-electron chi connectivity index (χ2n) is 6.92. The molecule has 112 valence electrons. The minimum atomic E-state index is 0.105. The van der Waals surface area contributed by atoms with Crippen LogP contribution in [-0.2, 0) is 0 Å². The van der Waals surface area contributed by atoms with Crippen LogP contribution in [0.4, 0.5) is 0 Å². The summed E-state index contributed by atoms with van der Waals surface area (Å²) in [5.41, 5.74) is 10.6. The first-order valence-electron chi connectivity index (χ1n) is 7.56. The average molecular weight is 275 g/mol. The van der Waals surface area contributed by atoms with Gasteiger partial charge in [0.15, 0.2) is 0 Å². The van der Waals surface area contributed by atoms with Crippen molar-refractivity contribution in [2.75, 3.05) is 33.2 Å². The number of rotatable bonds is 3. The van der Waals surface area contributed by atoms with Gasteiger partial charge in [0.05, 0.1) is 0 Å². The van der Waals surface area contributed by atoms with Gasteiger partial charge >= 0.3 is 0 Å². The molecule has 3 nitrogen and oxygen atoms in total. The number of aryl methyl sites for hydroxylation is 2. The van der Waals surface area contributed by atoms with Crippen molar-refractivity contribution < 1.29 is 0 Å². The minimum Gasteiger partial charge on any atom is -0.323 e. The third-order valence-electron chi connectivity index (χ3n) is 4.81.